The zero-order valence-electron chi connectivity index (χ0n) is 16.6. The molecule has 0 aliphatic heterocycles. The topological polar surface area (TPSA) is 89.1 Å². The number of aromatic nitrogens is 3. The van der Waals surface area contributed by atoms with Gasteiger partial charge in [-0.05, 0) is 41.5 Å². The van der Waals surface area contributed by atoms with Crippen LogP contribution in [0.25, 0.3) is 33.3 Å². The van der Waals surface area contributed by atoms with Crippen molar-refractivity contribution in [2.75, 3.05) is 19.5 Å². The molecule has 4 aromatic rings. The van der Waals surface area contributed by atoms with E-state index in [1.807, 2.05) is 30.5 Å². The maximum atomic E-state index is 11.7. The summed E-state index contributed by atoms with van der Waals surface area (Å²) in [4.78, 5) is 23.7. The van der Waals surface area contributed by atoms with Crippen molar-refractivity contribution in [3.8, 4) is 33.9 Å². The molecule has 7 heteroatoms. The first-order valence-corrected chi connectivity index (χ1v) is 9.21. The van der Waals surface area contributed by atoms with E-state index in [1.165, 1.54) is 6.08 Å². The second kappa shape index (κ2) is 8.08. The summed E-state index contributed by atoms with van der Waals surface area (Å²) in [5.74, 6) is 0.879. The van der Waals surface area contributed by atoms with Gasteiger partial charge in [-0.1, -0.05) is 6.58 Å². The monoisotopic (exact) mass is 400 g/mol. The number of aromatic amines is 1. The number of pyridine rings is 2. The maximum absolute atomic E-state index is 11.7. The normalized spacial score (nSPS) is 10.6. The van der Waals surface area contributed by atoms with Crippen LogP contribution in [0.5, 0.6) is 11.6 Å². The Labute approximate surface area is 173 Å². The number of carbonyl (C=O) groups is 1. The lowest BCUT2D eigenvalue weighted by Crippen LogP contribution is -2.07. The highest BCUT2D eigenvalue weighted by molar-refractivity contribution is 6.00. The zero-order valence-corrected chi connectivity index (χ0v) is 16.6. The van der Waals surface area contributed by atoms with Crippen molar-refractivity contribution < 1.29 is 14.3 Å². The van der Waals surface area contributed by atoms with Gasteiger partial charge in [0.2, 0.25) is 11.8 Å². The molecule has 0 aliphatic rings. The maximum Gasteiger partial charge on any atom is 0.247 e. The summed E-state index contributed by atoms with van der Waals surface area (Å²) in [6.07, 6.45) is 6.63. The van der Waals surface area contributed by atoms with Crippen LogP contribution < -0.4 is 14.8 Å². The van der Waals surface area contributed by atoms with E-state index in [-0.39, 0.29) is 5.91 Å². The van der Waals surface area contributed by atoms with Crippen molar-refractivity contribution in [1.29, 1.82) is 0 Å². The SMILES string of the molecule is C=CC(=O)Nc1cc(OC)cc(-c2cnc3[nH]cc(-c4ccnc(OC)c4)c3c2)c1. The van der Waals surface area contributed by atoms with E-state index in [9.17, 15) is 4.79 Å². The number of methoxy groups -OCH3 is 2. The molecule has 0 radical (unpaired) electrons. The molecule has 7 nitrogen and oxygen atoms in total. The second-order valence-electron chi connectivity index (χ2n) is 6.55. The highest BCUT2D eigenvalue weighted by atomic mass is 16.5. The summed E-state index contributed by atoms with van der Waals surface area (Å²) >= 11 is 0. The van der Waals surface area contributed by atoms with E-state index in [1.54, 1.807) is 32.7 Å². The predicted molar refractivity (Wildman–Crippen MR) is 117 cm³/mol. The van der Waals surface area contributed by atoms with Gasteiger partial charge in [0.25, 0.3) is 0 Å². The lowest BCUT2D eigenvalue weighted by Gasteiger charge is -2.10. The number of amides is 1. The molecule has 4 rings (SSSR count). The molecular weight excluding hydrogens is 380 g/mol. The van der Waals surface area contributed by atoms with Crippen molar-refractivity contribution in [2.24, 2.45) is 0 Å². The van der Waals surface area contributed by atoms with Crippen molar-refractivity contribution >= 4 is 22.6 Å². The molecule has 0 saturated heterocycles. The van der Waals surface area contributed by atoms with Crippen LogP contribution in [0.2, 0.25) is 0 Å². The Hall–Kier alpha value is -4.13. The fourth-order valence-corrected chi connectivity index (χ4v) is 3.24. The molecule has 0 spiro atoms. The summed E-state index contributed by atoms with van der Waals surface area (Å²) in [5, 5.41) is 3.73. The molecule has 3 heterocycles. The van der Waals surface area contributed by atoms with Gasteiger partial charge < -0.3 is 19.8 Å². The van der Waals surface area contributed by atoms with Crippen LogP contribution in [0, 0.1) is 0 Å². The molecule has 3 aromatic heterocycles. The Kier molecular flexibility index (Phi) is 5.17. The highest BCUT2D eigenvalue weighted by Crippen LogP contribution is 2.34. The minimum absolute atomic E-state index is 0.290. The molecule has 1 aromatic carbocycles. The fraction of sp³-hybridized carbons (Fsp3) is 0.0870. The van der Waals surface area contributed by atoms with Gasteiger partial charge in [0.15, 0.2) is 0 Å². The number of H-pyrrole nitrogens is 1. The highest BCUT2D eigenvalue weighted by Gasteiger charge is 2.12. The molecule has 1 amide bonds. The van der Waals surface area contributed by atoms with E-state index in [4.69, 9.17) is 9.47 Å². The summed E-state index contributed by atoms with van der Waals surface area (Å²) in [6, 6.07) is 11.4. The molecule has 0 atom stereocenters. The Balaban J connectivity index is 1.81. The first-order valence-electron chi connectivity index (χ1n) is 9.21. The number of carbonyl (C=O) groups excluding carboxylic acids is 1. The number of anilines is 1. The van der Waals surface area contributed by atoms with Gasteiger partial charge in [-0.3, -0.25) is 4.79 Å². The lowest BCUT2D eigenvalue weighted by molar-refractivity contribution is -0.111. The molecule has 0 fully saturated rings. The third kappa shape index (κ3) is 3.73. The Morgan fingerprint density at radius 2 is 1.93 bits per heavy atom. The number of nitrogens with zero attached hydrogens (tertiary/aromatic N) is 2. The van der Waals surface area contributed by atoms with Gasteiger partial charge in [-0.25, -0.2) is 9.97 Å². The van der Waals surface area contributed by atoms with Gasteiger partial charge in [0.05, 0.1) is 14.2 Å². The third-order valence-corrected chi connectivity index (χ3v) is 4.71. The molecule has 0 unspecified atom stereocenters. The third-order valence-electron chi connectivity index (χ3n) is 4.71. The number of benzene rings is 1. The summed E-state index contributed by atoms with van der Waals surface area (Å²) < 4.78 is 10.6. The number of nitrogens with one attached hydrogen (secondary N) is 2. The minimum Gasteiger partial charge on any atom is -0.497 e. The van der Waals surface area contributed by atoms with Gasteiger partial charge in [0, 0.05) is 52.9 Å². The number of ether oxygens (including phenoxy) is 2. The van der Waals surface area contributed by atoms with Gasteiger partial charge >= 0.3 is 0 Å². The average Bonchev–Trinajstić information content (AvgIpc) is 3.22. The molecule has 150 valence electrons. The number of fused-ring (bicyclic) bond motifs is 1. The summed E-state index contributed by atoms with van der Waals surface area (Å²) in [5.41, 5.74) is 5.09. The van der Waals surface area contributed by atoms with E-state index >= 15 is 0 Å². The standard InChI is InChI=1S/C23H20N4O3/c1-4-21(28)27-17-7-15(8-18(11-17)29-2)16-9-19-20(13-26-23(19)25-12-16)14-5-6-24-22(10-14)30-3/h4-13H,1H2,2-3H3,(H,25,26)(H,27,28). The van der Waals surface area contributed by atoms with Crippen LogP contribution in [-0.4, -0.2) is 35.1 Å². The van der Waals surface area contributed by atoms with Crippen LogP contribution in [0.15, 0.2) is 67.6 Å². The summed E-state index contributed by atoms with van der Waals surface area (Å²) in [6.45, 7) is 3.49. The first kappa shape index (κ1) is 19.2. The Morgan fingerprint density at radius 1 is 1.07 bits per heavy atom. The van der Waals surface area contributed by atoms with Gasteiger partial charge in [0.1, 0.15) is 11.4 Å². The first-order chi connectivity index (χ1) is 14.6. The smallest absolute Gasteiger partial charge is 0.247 e. The largest absolute Gasteiger partial charge is 0.497 e. The van der Waals surface area contributed by atoms with Crippen molar-refractivity contribution in [1.82, 2.24) is 15.0 Å². The van der Waals surface area contributed by atoms with Crippen molar-refractivity contribution in [3.63, 3.8) is 0 Å². The van der Waals surface area contributed by atoms with Crippen LogP contribution >= 0.6 is 0 Å². The lowest BCUT2D eigenvalue weighted by atomic mass is 10.0. The second-order valence-corrected chi connectivity index (χ2v) is 6.55. The van der Waals surface area contributed by atoms with Crippen LogP contribution in [0.3, 0.4) is 0 Å². The average molecular weight is 400 g/mol. The molecule has 0 aliphatic carbocycles. The Morgan fingerprint density at radius 3 is 2.70 bits per heavy atom. The molecule has 2 N–H and O–H groups in total. The van der Waals surface area contributed by atoms with Crippen LogP contribution in [0.1, 0.15) is 0 Å². The molecule has 30 heavy (non-hydrogen) atoms. The van der Waals surface area contributed by atoms with Gasteiger partial charge in [-0.15, -0.1) is 0 Å². The van der Waals surface area contributed by atoms with E-state index < -0.39 is 0 Å². The molecule has 0 bridgehead atoms. The Bertz CT molecular complexity index is 1250. The van der Waals surface area contributed by atoms with E-state index in [0.29, 0.717) is 17.3 Å². The number of rotatable bonds is 6. The van der Waals surface area contributed by atoms with Crippen LogP contribution in [0.4, 0.5) is 5.69 Å². The minimum atomic E-state index is -0.290. The zero-order chi connectivity index (χ0) is 21.1. The molecule has 0 saturated carbocycles. The van der Waals surface area contributed by atoms with Crippen LogP contribution in [-0.2, 0) is 4.79 Å². The quantitative estimate of drug-likeness (QED) is 0.467. The summed E-state index contributed by atoms with van der Waals surface area (Å²) in [7, 11) is 3.17. The van der Waals surface area contributed by atoms with E-state index in [2.05, 4.69) is 32.9 Å². The number of hydrogen-bond donors (Lipinski definition) is 2. The molecular formula is C23H20N4O3. The fourth-order valence-electron chi connectivity index (χ4n) is 3.24. The van der Waals surface area contributed by atoms with Crippen molar-refractivity contribution in [2.45, 2.75) is 0 Å². The van der Waals surface area contributed by atoms with E-state index in [0.717, 1.165) is 33.3 Å². The predicted octanol–water partition coefficient (Wildman–Crippen LogP) is 4.43. The van der Waals surface area contributed by atoms with Gasteiger partial charge in [-0.2, -0.15) is 0 Å². The number of hydrogen-bond acceptors (Lipinski definition) is 5. The van der Waals surface area contributed by atoms with Crippen molar-refractivity contribution in [3.05, 3.63) is 67.6 Å².